The average Bonchev–Trinajstić information content (AvgIpc) is 3.53. The van der Waals surface area contributed by atoms with E-state index in [1.54, 1.807) is 22.7 Å². The zero-order chi connectivity index (χ0) is 23.7. The summed E-state index contributed by atoms with van der Waals surface area (Å²) in [6.07, 6.45) is 9.71. The highest BCUT2D eigenvalue weighted by Gasteiger charge is 2.39. The second kappa shape index (κ2) is 8.55. The van der Waals surface area contributed by atoms with E-state index in [2.05, 4.69) is 66.2 Å². The predicted molar refractivity (Wildman–Crippen MR) is 148 cm³/mol. The van der Waals surface area contributed by atoms with Crippen LogP contribution in [0.5, 0.6) is 0 Å². The standard InChI is InChI=1S/C24H28N8S2.ClH/c1-23(2)8-14(9-24(3,4)31-23)32(5)22-30-21-20(34-22)29-19(33-21)18-17-15(6-7-25-17)16(12-26-18)13-10-27-28-11-13;/h6-7,10-12,14,25,31H,8-9H2,1-5H3,(H,27,28);1H. The van der Waals surface area contributed by atoms with E-state index in [0.717, 1.165) is 60.4 Å². The molecule has 1 saturated heterocycles. The Morgan fingerprint density at radius 1 is 1.03 bits per heavy atom. The number of hydrogen-bond acceptors (Lipinski definition) is 8. The van der Waals surface area contributed by atoms with Crippen molar-refractivity contribution in [2.75, 3.05) is 11.9 Å². The van der Waals surface area contributed by atoms with Gasteiger partial charge in [-0.25, -0.2) is 9.97 Å². The molecule has 0 saturated carbocycles. The number of piperidine rings is 1. The zero-order valence-electron chi connectivity index (χ0n) is 20.3. The Kier molecular flexibility index (Phi) is 5.90. The first-order valence-electron chi connectivity index (χ1n) is 11.4. The summed E-state index contributed by atoms with van der Waals surface area (Å²) in [5, 5.41) is 13.8. The van der Waals surface area contributed by atoms with Crippen LogP contribution in [-0.2, 0) is 0 Å². The van der Waals surface area contributed by atoms with Crippen LogP contribution in [0.2, 0.25) is 0 Å². The molecule has 1 aliphatic rings. The van der Waals surface area contributed by atoms with Gasteiger partial charge in [-0.05, 0) is 46.6 Å². The first-order valence-corrected chi connectivity index (χ1v) is 13.1. The lowest BCUT2D eigenvalue weighted by atomic mass is 9.79. The summed E-state index contributed by atoms with van der Waals surface area (Å²) in [7, 11) is 2.17. The van der Waals surface area contributed by atoms with E-state index in [0.29, 0.717) is 6.04 Å². The van der Waals surface area contributed by atoms with E-state index in [1.165, 1.54) is 0 Å². The summed E-state index contributed by atoms with van der Waals surface area (Å²) in [6.45, 7) is 9.15. The Bertz CT molecular complexity index is 1430. The van der Waals surface area contributed by atoms with E-state index in [-0.39, 0.29) is 23.5 Å². The van der Waals surface area contributed by atoms with Crippen molar-refractivity contribution < 1.29 is 0 Å². The van der Waals surface area contributed by atoms with Gasteiger partial charge in [-0.3, -0.25) is 10.1 Å². The molecule has 3 N–H and O–H groups in total. The van der Waals surface area contributed by atoms with Crippen molar-refractivity contribution in [3.05, 3.63) is 30.9 Å². The summed E-state index contributed by atoms with van der Waals surface area (Å²) < 4.78 is 0. The van der Waals surface area contributed by atoms with Gasteiger partial charge in [0.25, 0.3) is 0 Å². The second-order valence-corrected chi connectivity index (χ2v) is 12.4. The molecule has 0 bridgehead atoms. The van der Waals surface area contributed by atoms with E-state index in [1.807, 2.05) is 24.8 Å². The second-order valence-electron chi connectivity index (χ2n) is 10.5. The van der Waals surface area contributed by atoms with Gasteiger partial charge in [0.1, 0.15) is 10.7 Å². The molecule has 184 valence electrons. The van der Waals surface area contributed by atoms with Gasteiger partial charge in [-0.1, -0.05) is 22.7 Å². The molecule has 0 aliphatic carbocycles. The van der Waals surface area contributed by atoms with Crippen LogP contribution >= 0.6 is 35.1 Å². The number of halogens is 1. The molecule has 6 rings (SSSR count). The summed E-state index contributed by atoms with van der Waals surface area (Å²) in [4.78, 5) is 22.3. The number of thiazole rings is 2. The van der Waals surface area contributed by atoms with Gasteiger partial charge in [0.05, 0.1) is 11.7 Å². The number of rotatable bonds is 4. The molecular formula is C24H29ClN8S2. The molecule has 35 heavy (non-hydrogen) atoms. The molecule has 11 heteroatoms. The maximum Gasteiger partial charge on any atom is 0.188 e. The van der Waals surface area contributed by atoms with Crippen molar-refractivity contribution in [2.24, 2.45) is 0 Å². The molecular weight excluding hydrogens is 500 g/mol. The molecule has 6 heterocycles. The third-order valence-corrected chi connectivity index (χ3v) is 8.72. The van der Waals surface area contributed by atoms with E-state index in [9.17, 15) is 0 Å². The number of aromatic nitrogens is 6. The molecule has 8 nitrogen and oxygen atoms in total. The fourth-order valence-electron chi connectivity index (χ4n) is 5.43. The molecule has 5 aromatic heterocycles. The highest BCUT2D eigenvalue weighted by Crippen LogP contribution is 2.40. The molecule has 0 amide bonds. The van der Waals surface area contributed by atoms with Crippen molar-refractivity contribution in [3.63, 3.8) is 0 Å². The Labute approximate surface area is 218 Å². The van der Waals surface area contributed by atoms with E-state index >= 15 is 0 Å². The van der Waals surface area contributed by atoms with Crippen LogP contribution in [0, 0.1) is 0 Å². The molecule has 0 unspecified atom stereocenters. The number of pyridine rings is 1. The monoisotopic (exact) mass is 528 g/mol. The van der Waals surface area contributed by atoms with Gasteiger partial charge in [0, 0.05) is 59.3 Å². The number of fused-ring (bicyclic) bond motifs is 2. The number of anilines is 1. The molecule has 1 aliphatic heterocycles. The summed E-state index contributed by atoms with van der Waals surface area (Å²) >= 11 is 3.27. The Morgan fingerprint density at radius 2 is 1.77 bits per heavy atom. The lowest BCUT2D eigenvalue weighted by Gasteiger charge is -2.48. The smallest absolute Gasteiger partial charge is 0.188 e. The number of H-pyrrole nitrogens is 2. The molecule has 0 radical (unpaired) electrons. The van der Waals surface area contributed by atoms with Crippen LogP contribution in [0.15, 0.2) is 30.9 Å². The zero-order valence-corrected chi connectivity index (χ0v) is 22.8. The van der Waals surface area contributed by atoms with Crippen LogP contribution in [0.4, 0.5) is 5.13 Å². The van der Waals surface area contributed by atoms with Crippen molar-refractivity contribution >= 4 is 60.8 Å². The topological polar surface area (TPSA) is 98.4 Å². The maximum absolute atomic E-state index is 4.99. The van der Waals surface area contributed by atoms with Crippen molar-refractivity contribution in [3.8, 4) is 21.8 Å². The average molecular weight is 529 g/mol. The Morgan fingerprint density at radius 3 is 2.46 bits per heavy atom. The van der Waals surface area contributed by atoms with Crippen LogP contribution in [0.25, 0.3) is 42.4 Å². The van der Waals surface area contributed by atoms with Gasteiger partial charge in [-0.2, -0.15) is 5.10 Å². The van der Waals surface area contributed by atoms with Gasteiger partial charge >= 0.3 is 0 Å². The van der Waals surface area contributed by atoms with Crippen molar-refractivity contribution in [2.45, 2.75) is 57.7 Å². The molecule has 5 aromatic rings. The normalized spacial score (nSPS) is 17.6. The summed E-state index contributed by atoms with van der Waals surface area (Å²) in [6, 6.07) is 2.51. The van der Waals surface area contributed by atoms with Gasteiger partial charge in [0.2, 0.25) is 0 Å². The number of hydrogen-bond donors (Lipinski definition) is 3. The van der Waals surface area contributed by atoms with Gasteiger partial charge in [0.15, 0.2) is 14.8 Å². The largest absolute Gasteiger partial charge is 0.359 e. The number of nitrogens with one attached hydrogen (secondary N) is 3. The summed E-state index contributed by atoms with van der Waals surface area (Å²) in [5.74, 6) is 0. The quantitative estimate of drug-likeness (QED) is 0.270. The van der Waals surface area contributed by atoms with Crippen LogP contribution < -0.4 is 10.2 Å². The van der Waals surface area contributed by atoms with E-state index < -0.39 is 0 Å². The summed E-state index contributed by atoms with van der Waals surface area (Å²) in [5.41, 5.74) is 4.09. The lowest BCUT2D eigenvalue weighted by Crippen LogP contribution is -2.61. The number of nitrogens with zero attached hydrogens (tertiary/aromatic N) is 5. The van der Waals surface area contributed by atoms with Crippen LogP contribution in [0.1, 0.15) is 40.5 Å². The van der Waals surface area contributed by atoms with E-state index in [4.69, 9.17) is 15.0 Å². The fraction of sp³-hybridized carbons (Fsp3) is 0.417. The minimum Gasteiger partial charge on any atom is -0.359 e. The predicted octanol–water partition coefficient (Wildman–Crippen LogP) is 5.85. The Balaban J connectivity index is 0.00000253. The third-order valence-electron chi connectivity index (χ3n) is 6.59. The highest BCUT2D eigenvalue weighted by molar-refractivity contribution is 7.29. The first kappa shape index (κ1) is 24.2. The minimum absolute atomic E-state index is 0. The minimum atomic E-state index is 0. The molecule has 0 spiro atoms. The molecule has 0 atom stereocenters. The molecule has 1 fully saturated rings. The number of aromatic amines is 2. The lowest BCUT2D eigenvalue weighted by molar-refractivity contribution is 0.161. The van der Waals surface area contributed by atoms with Gasteiger partial charge < -0.3 is 15.2 Å². The fourth-order valence-corrected chi connectivity index (χ4v) is 7.50. The van der Waals surface area contributed by atoms with Gasteiger partial charge in [-0.15, -0.1) is 12.4 Å². The first-order chi connectivity index (χ1) is 16.2. The van der Waals surface area contributed by atoms with Crippen molar-refractivity contribution in [1.82, 2.24) is 35.5 Å². The van der Waals surface area contributed by atoms with Crippen molar-refractivity contribution in [1.29, 1.82) is 0 Å². The molecule has 0 aromatic carbocycles. The SMILES string of the molecule is CN(c1nc2sc(-c3ncc(-c4cn[nH]c4)c4cc[nH]c34)nc2s1)C1CC(C)(C)NC(C)(C)C1.Cl. The maximum atomic E-state index is 4.99. The Hall–Kier alpha value is -2.53. The third kappa shape index (κ3) is 4.33. The highest BCUT2D eigenvalue weighted by atomic mass is 35.5. The van der Waals surface area contributed by atoms with Crippen LogP contribution in [0.3, 0.4) is 0 Å². The van der Waals surface area contributed by atoms with Crippen LogP contribution in [-0.4, -0.2) is 54.3 Å².